The van der Waals surface area contributed by atoms with E-state index >= 15 is 0 Å². The number of halogens is 1. The fourth-order valence-electron chi connectivity index (χ4n) is 1.70. The summed E-state index contributed by atoms with van der Waals surface area (Å²) in [5.74, 6) is 0.841. The molecule has 4 nitrogen and oxygen atoms in total. The molecule has 1 amide bonds. The Hall–Kier alpha value is -1.46. The number of hydrogen-bond donors (Lipinski definition) is 2. The van der Waals surface area contributed by atoms with E-state index < -0.39 is 0 Å². The van der Waals surface area contributed by atoms with E-state index in [2.05, 4.69) is 29.4 Å². The van der Waals surface area contributed by atoms with Gasteiger partial charge < -0.3 is 5.32 Å². The number of nitrogens with one attached hydrogen (secondary N) is 2. The molecule has 0 spiro atoms. The molecule has 0 fully saturated rings. The van der Waals surface area contributed by atoms with Gasteiger partial charge in [-0.25, -0.2) is 0 Å². The minimum Gasteiger partial charge on any atom is -0.308 e. The van der Waals surface area contributed by atoms with Crippen LogP contribution in [0.3, 0.4) is 0 Å². The van der Waals surface area contributed by atoms with Crippen LogP contribution in [0.15, 0.2) is 35.2 Å². The zero-order valence-corrected chi connectivity index (χ0v) is 13.8. The molecule has 1 atom stereocenters. The molecular weight excluding hydrogens is 306 g/mol. The van der Waals surface area contributed by atoms with E-state index in [9.17, 15) is 4.79 Å². The van der Waals surface area contributed by atoms with Crippen LogP contribution < -0.4 is 5.32 Å². The summed E-state index contributed by atoms with van der Waals surface area (Å²) < 4.78 is 0. The molecule has 1 heterocycles. The molecule has 0 radical (unpaired) electrons. The molecule has 21 heavy (non-hydrogen) atoms. The van der Waals surface area contributed by atoms with Crippen molar-refractivity contribution in [2.45, 2.75) is 36.8 Å². The lowest BCUT2D eigenvalue weighted by molar-refractivity contribution is -0.115. The summed E-state index contributed by atoms with van der Waals surface area (Å²) in [6, 6.07) is 9.31. The van der Waals surface area contributed by atoms with Crippen LogP contribution in [0.25, 0.3) is 0 Å². The highest BCUT2D eigenvalue weighted by atomic mass is 35.5. The summed E-state index contributed by atoms with van der Waals surface area (Å²) in [6.07, 6.45) is 0. The van der Waals surface area contributed by atoms with E-state index in [0.29, 0.717) is 16.8 Å². The van der Waals surface area contributed by atoms with Crippen molar-refractivity contribution >= 4 is 35.1 Å². The van der Waals surface area contributed by atoms with Crippen LogP contribution in [0.2, 0.25) is 5.02 Å². The average molecular weight is 324 g/mol. The number of benzene rings is 1. The smallest absolute Gasteiger partial charge is 0.238 e. The van der Waals surface area contributed by atoms with Crippen molar-refractivity contribution in [2.24, 2.45) is 0 Å². The minimum absolute atomic E-state index is 0.0724. The van der Waals surface area contributed by atoms with Gasteiger partial charge in [0, 0.05) is 21.7 Å². The Labute approximate surface area is 133 Å². The Morgan fingerprint density at radius 1 is 1.29 bits per heavy atom. The molecule has 2 N–H and O–H groups in total. The molecule has 0 aliphatic heterocycles. The first-order chi connectivity index (χ1) is 9.95. The summed E-state index contributed by atoms with van der Waals surface area (Å²) in [7, 11) is 0. The molecule has 0 aliphatic carbocycles. The maximum Gasteiger partial charge on any atom is 0.238 e. The first kappa shape index (κ1) is 15.9. The van der Waals surface area contributed by atoms with E-state index in [1.807, 2.05) is 37.3 Å². The van der Waals surface area contributed by atoms with Crippen molar-refractivity contribution < 1.29 is 4.79 Å². The second-order valence-electron chi connectivity index (χ2n) is 5.07. The van der Waals surface area contributed by atoms with Gasteiger partial charge >= 0.3 is 0 Å². The zero-order chi connectivity index (χ0) is 15.4. The Morgan fingerprint density at radius 3 is 2.52 bits per heavy atom. The predicted molar refractivity (Wildman–Crippen MR) is 88.1 cm³/mol. The van der Waals surface area contributed by atoms with E-state index in [1.165, 1.54) is 11.8 Å². The lowest BCUT2D eigenvalue weighted by Crippen LogP contribution is -2.22. The topological polar surface area (TPSA) is 57.8 Å². The van der Waals surface area contributed by atoms with E-state index in [4.69, 9.17) is 11.6 Å². The van der Waals surface area contributed by atoms with Crippen LogP contribution in [0, 0.1) is 0 Å². The SMILES string of the molecule is CC(Sc1ccc(Cl)cc1)C(=O)Nc1cc(C(C)C)[nH]n1. The lowest BCUT2D eigenvalue weighted by Gasteiger charge is -2.10. The van der Waals surface area contributed by atoms with Crippen LogP contribution in [0.4, 0.5) is 5.82 Å². The van der Waals surface area contributed by atoms with Crippen molar-refractivity contribution in [3.8, 4) is 0 Å². The standard InChI is InChI=1S/C15H18ClN3OS/c1-9(2)13-8-14(19-18-13)17-15(20)10(3)21-12-6-4-11(16)5-7-12/h4-10H,1-3H3,(H2,17,18,19,20). The molecule has 0 bridgehead atoms. The number of aromatic amines is 1. The normalized spacial score (nSPS) is 12.4. The maximum atomic E-state index is 12.2. The Balaban J connectivity index is 1.94. The second-order valence-corrected chi connectivity index (χ2v) is 6.92. The first-order valence-electron chi connectivity index (χ1n) is 6.74. The molecule has 112 valence electrons. The number of nitrogens with zero attached hydrogens (tertiary/aromatic N) is 1. The van der Waals surface area contributed by atoms with Crippen LogP contribution in [0.1, 0.15) is 32.4 Å². The quantitative estimate of drug-likeness (QED) is 0.806. The average Bonchev–Trinajstić information content (AvgIpc) is 2.90. The number of H-pyrrole nitrogens is 1. The number of aromatic nitrogens is 2. The Morgan fingerprint density at radius 2 is 1.95 bits per heavy atom. The minimum atomic E-state index is -0.217. The number of carbonyl (C=O) groups is 1. The van der Waals surface area contributed by atoms with Crippen molar-refractivity contribution in [3.63, 3.8) is 0 Å². The van der Waals surface area contributed by atoms with Crippen molar-refractivity contribution in [3.05, 3.63) is 41.0 Å². The summed E-state index contributed by atoms with van der Waals surface area (Å²) >= 11 is 7.33. The second kappa shape index (κ2) is 7.00. The first-order valence-corrected chi connectivity index (χ1v) is 8.00. The van der Waals surface area contributed by atoms with Gasteiger partial charge in [-0.2, -0.15) is 5.10 Å². The Bertz CT molecular complexity index is 610. The molecule has 1 unspecified atom stereocenters. The molecule has 2 rings (SSSR count). The third-order valence-electron chi connectivity index (χ3n) is 2.97. The largest absolute Gasteiger partial charge is 0.308 e. The van der Waals surface area contributed by atoms with Crippen molar-refractivity contribution in [2.75, 3.05) is 5.32 Å². The van der Waals surface area contributed by atoms with Gasteiger partial charge in [0.1, 0.15) is 0 Å². The number of rotatable bonds is 5. The van der Waals surface area contributed by atoms with E-state index in [-0.39, 0.29) is 11.2 Å². The van der Waals surface area contributed by atoms with Gasteiger partial charge in [0.15, 0.2) is 5.82 Å². The third-order valence-corrected chi connectivity index (χ3v) is 4.33. The highest BCUT2D eigenvalue weighted by Crippen LogP contribution is 2.25. The fraction of sp³-hybridized carbons (Fsp3) is 0.333. The zero-order valence-electron chi connectivity index (χ0n) is 12.2. The molecule has 1 aromatic carbocycles. The van der Waals surface area contributed by atoms with Crippen LogP contribution in [-0.4, -0.2) is 21.4 Å². The van der Waals surface area contributed by atoms with Gasteiger partial charge in [-0.05, 0) is 37.1 Å². The van der Waals surface area contributed by atoms with Gasteiger partial charge in [-0.15, -0.1) is 11.8 Å². The third kappa shape index (κ3) is 4.51. The van der Waals surface area contributed by atoms with Crippen molar-refractivity contribution in [1.82, 2.24) is 10.2 Å². The lowest BCUT2D eigenvalue weighted by atomic mass is 10.1. The number of anilines is 1. The van der Waals surface area contributed by atoms with Gasteiger partial charge in [0.2, 0.25) is 5.91 Å². The van der Waals surface area contributed by atoms with Crippen LogP contribution in [-0.2, 0) is 4.79 Å². The highest BCUT2D eigenvalue weighted by molar-refractivity contribution is 8.00. The van der Waals surface area contributed by atoms with Gasteiger partial charge in [0.05, 0.1) is 5.25 Å². The molecule has 1 aromatic heterocycles. The number of hydrogen-bond acceptors (Lipinski definition) is 3. The molecule has 0 aliphatic rings. The number of amides is 1. The molecule has 0 saturated heterocycles. The number of thioether (sulfide) groups is 1. The van der Waals surface area contributed by atoms with Gasteiger partial charge in [0.25, 0.3) is 0 Å². The Kier molecular flexibility index (Phi) is 5.31. The highest BCUT2D eigenvalue weighted by Gasteiger charge is 2.16. The molecule has 2 aromatic rings. The van der Waals surface area contributed by atoms with Crippen LogP contribution in [0.5, 0.6) is 0 Å². The van der Waals surface area contributed by atoms with E-state index in [1.54, 1.807) is 0 Å². The summed E-state index contributed by atoms with van der Waals surface area (Å²) in [5.41, 5.74) is 1.00. The summed E-state index contributed by atoms with van der Waals surface area (Å²) in [6.45, 7) is 6.00. The van der Waals surface area contributed by atoms with Gasteiger partial charge in [-0.1, -0.05) is 25.4 Å². The monoisotopic (exact) mass is 323 g/mol. The fourth-order valence-corrected chi connectivity index (χ4v) is 2.69. The molecular formula is C15H18ClN3OS. The maximum absolute atomic E-state index is 12.2. The van der Waals surface area contributed by atoms with E-state index in [0.717, 1.165) is 10.6 Å². The summed E-state index contributed by atoms with van der Waals surface area (Å²) in [5, 5.41) is 10.3. The van der Waals surface area contributed by atoms with Crippen LogP contribution >= 0.6 is 23.4 Å². The predicted octanol–water partition coefficient (Wildman–Crippen LogP) is 4.31. The molecule has 0 saturated carbocycles. The summed E-state index contributed by atoms with van der Waals surface area (Å²) in [4.78, 5) is 13.2. The van der Waals surface area contributed by atoms with Gasteiger partial charge in [-0.3, -0.25) is 9.89 Å². The molecule has 6 heteroatoms. The number of carbonyl (C=O) groups excluding carboxylic acids is 1. The van der Waals surface area contributed by atoms with Crippen molar-refractivity contribution in [1.29, 1.82) is 0 Å².